The first-order valence-corrected chi connectivity index (χ1v) is 7.89. The number of benzene rings is 1. The molecule has 0 aromatic heterocycles. The van der Waals surface area contributed by atoms with E-state index in [4.69, 9.17) is 0 Å². The molecule has 2 heterocycles. The van der Waals surface area contributed by atoms with Crippen molar-refractivity contribution >= 4 is 12.2 Å². The zero-order valence-corrected chi connectivity index (χ0v) is 12.6. The minimum Gasteiger partial charge on any atom is -0.478 e. The minimum absolute atomic E-state index is 0.0394. The Morgan fingerprint density at radius 2 is 1.96 bits per heavy atom. The number of dihydropyridines is 1. The van der Waals surface area contributed by atoms with Crippen LogP contribution < -0.4 is 5.32 Å². The van der Waals surface area contributed by atoms with Gasteiger partial charge in [0.25, 0.3) is 0 Å². The molecule has 4 unspecified atom stereocenters. The van der Waals surface area contributed by atoms with E-state index in [1.165, 1.54) is 0 Å². The van der Waals surface area contributed by atoms with Crippen molar-refractivity contribution in [2.75, 3.05) is 6.54 Å². The van der Waals surface area contributed by atoms with E-state index in [1.54, 1.807) is 12.1 Å². The Bertz CT molecular complexity index is 760. The summed E-state index contributed by atoms with van der Waals surface area (Å²) in [6.07, 6.45) is 12.4. The summed E-state index contributed by atoms with van der Waals surface area (Å²) in [7, 11) is 0. The highest BCUT2D eigenvalue weighted by Gasteiger charge is 2.41. The lowest BCUT2D eigenvalue weighted by Crippen LogP contribution is -2.45. The predicted octanol–water partition coefficient (Wildman–Crippen LogP) is 2.97. The van der Waals surface area contributed by atoms with Gasteiger partial charge in [0.05, 0.1) is 11.6 Å². The van der Waals surface area contributed by atoms with Gasteiger partial charge in [-0.25, -0.2) is 4.79 Å². The van der Waals surface area contributed by atoms with E-state index >= 15 is 0 Å². The van der Waals surface area contributed by atoms with Crippen molar-refractivity contribution in [1.29, 1.82) is 0 Å². The highest BCUT2D eigenvalue weighted by Crippen LogP contribution is 2.44. The highest BCUT2D eigenvalue weighted by atomic mass is 16.4. The van der Waals surface area contributed by atoms with Crippen molar-refractivity contribution in [3.8, 4) is 0 Å². The van der Waals surface area contributed by atoms with Crippen LogP contribution in [0.3, 0.4) is 0 Å². The van der Waals surface area contributed by atoms with E-state index in [-0.39, 0.29) is 12.0 Å². The average molecular weight is 306 g/mol. The zero-order valence-electron chi connectivity index (χ0n) is 12.6. The smallest absolute Gasteiger partial charge is 0.336 e. The molecule has 4 atom stereocenters. The Morgan fingerprint density at radius 3 is 2.78 bits per heavy atom. The van der Waals surface area contributed by atoms with Gasteiger partial charge in [-0.2, -0.15) is 0 Å². The molecule has 1 saturated heterocycles. The number of piperidine rings is 1. The number of fused-ring (bicyclic) bond motifs is 3. The zero-order chi connectivity index (χ0) is 15.8. The lowest BCUT2D eigenvalue weighted by atomic mass is 9.68. The molecule has 0 bridgehead atoms. The molecule has 116 valence electrons. The van der Waals surface area contributed by atoms with Crippen molar-refractivity contribution in [2.45, 2.75) is 6.04 Å². The molecule has 0 saturated carbocycles. The molecule has 3 aliphatic rings. The summed E-state index contributed by atoms with van der Waals surface area (Å²) >= 11 is 0. The van der Waals surface area contributed by atoms with Crippen LogP contribution in [0.4, 0.5) is 0 Å². The molecule has 1 aromatic carbocycles. The molecular formula is C19H18N2O2. The third-order valence-corrected chi connectivity index (χ3v) is 4.98. The van der Waals surface area contributed by atoms with Crippen LogP contribution in [0, 0.1) is 17.8 Å². The molecule has 1 fully saturated rings. The summed E-state index contributed by atoms with van der Waals surface area (Å²) in [5, 5.41) is 13.1. The average Bonchev–Trinajstić information content (AvgIpc) is 2.61. The van der Waals surface area contributed by atoms with Crippen molar-refractivity contribution < 1.29 is 9.90 Å². The fourth-order valence-electron chi connectivity index (χ4n) is 3.91. The molecular weight excluding hydrogens is 288 g/mol. The second-order valence-corrected chi connectivity index (χ2v) is 6.18. The van der Waals surface area contributed by atoms with Gasteiger partial charge in [-0.3, -0.25) is 4.99 Å². The van der Waals surface area contributed by atoms with Gasteiger partial charge in [0.1, 0.15) is 0 Å². The first-order chi connectivity index (χ1) is 11.3. The van der Waals surface area contributed by atoms with Gasteiger partial charge in [-0.15, -0.1) is 0 Å². The standard InChI is InChI=1S/C19H18N2O2/c22-19(23)15-8-4-3-7-14(15)18-13-6-2-1-5-12(13)16-11-20-10-9-17(16)21-18/h1-10,12-13,16,18,21H,11H2,(H,22,23). The molecule has 1 aromatic rings. The summed E-state index contributed by atoms with van der Waals surface area (Å²) in [6, 6.07) is 7.24. The van der Waals surface area contributed by atoms with E-state index in [9.17, 15) is 9.90 Å². The third kappa shape index (κ3) is 2.31. The summed E-state index contributed by atoms with van der Waals surface area (Å²) < 4.78 is 0. The Balaban J connectivity index is 1.80. The van der Waals surface area contributed by atoms with Crippen LogP contribution in [-0.2, 0) is 0 Å². The maximum Gasteiger partial charge on any atom is 0.336 e. The number of hydrogen-bond donors (Lipinski definition) is 2. The molecule has 4 heteroatoms. The predicted molar refractivity (Wildman–Crippen MR) is 89.5 cm³/mol. The van der Waals surface area contributed by atoms with Crippen LogP contribution in [0.2, 0.25) is 0 Å². The molecule has 4 nitrogen and oxygen atoms in total. The van der Waals surface area contributed by atoms with E-state index in [2.05, 4.69) is 34.6 Å². The maximum absolute atomic E-state index is 11.6. The van der Waals surface area contributed by atoms with Crippen LogP contribution in [0.5, 0.6) is 0 Å². The van der Waals surface area contributed by atoms with Gasteiger partial charge in [0.2, 0.25) is 0 Å². The molecule has 1 aliphatic carbocycles. The van der Waals surface area contributed by atoms with Gasteiger partial charge in [-0.05, 0) is 23.6 Å². The number of allylic oxidation sites excluding steroid dienone is 4. The molecule has 4 rings (SSSR count). The fourth-order valence-corrected chi connectivity index (χ4v) is 3.91. The summed E-state index contributed by atoms with van der Waals surface area (Å²) in [6.45, 7) is 0.783. The Kier molecular flexibility index (Phi) is 3.37. The van der Waals surface area contributed by atoms with Crippen LogP contribution in [0.15, 0.2) is 65.3 Å². The molecule has 23 heavy (non-hydrogen) atoms. The van der Waals surface area contributed by atoms with E-state index in [1.807, 2.05) is 24.4 Å². The Morgan fingerprint density at radius 1 is 1.17 bits per heavy atom. The van der Waals surface area contributed by atoms with Gasteiger partial charge < -0.3 is 10.4 Å². The maximum atomic E-state index is 11.6. The van der Waals surface area contributed by atoms with Crippen molar-refractivity contribution in [3.05, 3.63) is 71.5 Å². The number of rotatable bonds is 2. The first-order valence-electron chi connectivity index (χ1n) is 7.89. The number of carboxylic acid groups (broad SMARTS) is 1. The van der Waals surface area contributed by atoms with Gasteiger partial charge in [-0.1, -0.05) is 42.5 Å². The SMILES string of the molecule is O=C(O)c1ccccc1C1NC2=CC=NCC2C2C=CC=CC12. The quantitative estimate of drug-likeness (QED) is 0.883. The number of nitrogens with one attached hydrogen (secondary N) is 1. The molecule has 0 amide bonds. The number of aliphatic imine (C=N–C) groups is 1. The second kappa shape index (κ2) is 5.54. The second-order valence-electron chi connectivity index (χ2n) is 6.18. The number of carboxylic acids is 1. The van der Waals surface area contributed by atoms with Crippen molar-refractivity contribution in [3.63, 3.8) is 0 Å². The summed E-state index contributed by atoms with van der Waals surface area (Å²) in [5.74, 6) is 0.0442. The minimum atomic E-state index is -0.879. The van der Waals surface area contributed by atoms with Gasteiger partial charge >= 0.3 is 5.97 Å². The molecule has 2 N–H and O–H groups in total. The van der Waals surface area contributed by atoms with Crippen molar-refractivity contribution in [2.24, 2.45) is 22.7 Å². The lowest BCUT2D eigenvalue weighted by molar-refractivity contribution is 0.0693. The van der Waals surface area contributed by atoms with E-state index in [0.29, 0.717) is 17.4 Å². The van der Waals surface area contributed by atoms with Gasteiger partial charge in [0, 0.05) is 30.3 Å². The topological polar surface area (TPSA) is 61.7 Å². The Labute approximate surface area is 134 Å². The molecule has 0 spiro atoms. The van der Waals surface area contributed by atoms with E-state index in [0.717, 1.165) is 17.8 Å². The highest BCUT2D eigenvalue weighted by molar-refractivity contribution is 5.89. The van der Waals surface area contributed by atoms with Crippen molar-refractivity contribution in [1.82, 2.24) is 5.32 Å². The molecule has 2 aliphatic heterocycles. The first kappa shape index (κ1) is 14.0. The van der Waals surface area contributed by atoms with Crippen LogP contribution in [0.1, 0.15) is 22.0 Å². The van der Waals surface area contributed by atoms with Crippen LogP contribution in [-0.4, -0.2) is 23.8 Å². The van der Waals surface area contributed by atoms with E-state index < -0.39 is 5.97 Å². The fraction of sp³-hybridized carbons (Fsp3) is 0.263. The number of carbonyl (C=O) groups is 1. The van der Waals surface area contributed by atoms with Crippen LogP contribution >= 0.6 is 0 Å². The number of aromatic carboxylic acids is 1. The van der Waals surface area contributed by atoms with Crippen LogP contribution in [0.25, 0.3) is 0 Å². The lowest BCUT2D eigenvalue weighted by Gasteiger charge is -2.45. The third-order valence-electron chi connectivity index (χ3n) is 4.98. The molecule has 0 radical (unpaired) electrons. The number of nitrogens with zero attached hydrogens (tertiary/aromatic N) is 1. The summed E-state index contributed by atoms with van der Waals surface area (Å²) in [4.78, 5) is 16.0. The Hall–Kier alpha value is -2.62. The summed E-state index contributed by atoms with van der Waals surface area (Å²) in [5.41, 5.74) is 2.37. The number of hydrogen-bond acceptors (Lipinski definition) is 3. The van der Waals surface area contributed by atoms with Gasteiger partial charge in [0.15, 0.2) is 0 Å². The largest absolute Gasteiger partial charge is 0.478 e. The monoisotopic (exact) mass is 306 g/mol. The normalized spacial score (nSPS) is 30.9.